The van der Waals surface area contributed by atoms with Crippen LogP contribution < -0.4 is 10.5 Å². The van der Waals surface area contributed by atoms with Crippen molar-refractivity contribution in [2.45, 2.75) is 39.8 Å². The Morgan fingerprint density at radius 3 is 2.88 bits per heavy atom. The zero-order chi connectivity index (χ0) is 18.0. The van der Waals surface area contributed by atoms with Crippen molar-refractivity contribution in [3.05, 3.63) is 46.8 Å². The third kappa shape index (κ3) is 3.69. The van der Waals surface area contributed by atoms with Gasteiger partial charge in [0.25, 0.3) is 5.91 Å². The maximum atomic E-state index is 12.8. The van der Waals surface area contributed by atoms with Crippen LogP contribution in [0.15, 0.2) is 28.8 Å². The van der Waals surface area contributed by atoms with Crippen LogP contribution in [0.5, 0.6) is 5.75 Å². The number of carbonyl (C=O) groups excluding carboxylic acids is 1. The van der Waals surface area contributed by atoms with Crippen LogP contribution in [-0.4, -0.2) is 35.1 Å². The average molecular weight is 343 g/mol. The van der Waals surface area contributed by atoms with Crippen molar-refractivity contribution in [2.75, 3.05) is 13.1 Å². The lowest BCUT2D eigenvalue weighted by Crippen LogP contribution is -2.34. The highest BCUT2D eigenvalue weighted by molar-refractivity contribution is 5.95. The van der Waals surface area contributed by atoms with Crippen LogP contribution in [0.2, 0.25) is 0 Å². The van der Waals surface area contributed by atoms with Crippen molar-refractivity contribution in [1.29, 1.82) is 0 Å². The summed E-state index contributed by atoms with van der Waals surface area (Å²) in [5.74, 6) is 1.83. The zero-order valence-electron chi connectivity index (χ0n) is 15.0. The van der Waals surface area contributed by atoms with Crippen LogP contribution in [0, 0.1) is 19.8 Å². The molecule has 25 heavy (non-hydrogen) atoms. The number of amides is 1. The van der Waals surface area contributed by atoms with Crippen molar-refractivity contribution >= 4 is 5.91 Å². The lowest BCUT2D eigenvalue weighted by atomic mass is 10.1. The smallest absolute Gasteiger partial charge is 0.254 e. The summed E-state index contributed by atoms with van der Waals surface area (Å²) in [5, 5.41) is 3.92. The molecule has 6 heteroatoms. The Labute approximate surface area is 147 Å². The number of nitrogens with zero attached hydrogens (tertiary/aromatic N) is 2. The van der Waals surface area contributed by atoms with Crippen molar-refractivity contribution in [2.24, 2.45) is 11.7 Å². The Kier molecular flexibility index (Phi) is 5.08. The number of hydrogen-bond acceptors (Lipinski definition) is 5. The van der Waals surface area contributed by atoms with Crippen molar-refractivity contribution in [1.82, 2.24) is 10.1 Å². The van der Waals surface area contributed by atoms with Crippen LogP contribution in [0.1, 0.15) is 40.7 Å². The average Bonchev–Trinajstić information content (AvgIpc) is 3.15. The molecule has 2 N–H and O–H groups in total. The first-order valence-electron chi connectivity index (χ1n) is 8.65. The number of hydrogen-bond donors (Lipinski definition) is 1. The molecule has 1 fully saturated rings. The molecule has 2 unspecified atom stereocenters. The normalized spacial score (nSPS) is 20.1. The SMILES string of the molecule is Cc1noc(C)c1COc1cccc(C(=O)N2CC(CN)CC2C)c1. The maximum Gasteiger partial charge on any atom is 0.254 e. The predicted octanol–water partition coefficient (Wildman–Crippen LogP) is 2.68. The van der Waals surface area contributed by atoms with E-state index in [-0.39, 0.29) is 11.9 Å². The summed E-state index contributed by atoms with van der Waals surface area (Å²) in [5.41, 5.74) is 8.16. The van der Waals surface area contributed by atoms with Gasteiger partial charge in [0.15, 0.2) is 0 Å². The third-order valence-corrected chi connectivity index (χ3v) is 4.90. The quantitative estimate of drug-likeness (QED) is 0.902. The van der Waals surface area contributed by atoms with E-state index in [0.29, 0.717) is 30.4 Å². The fourth-order valence-corrected chi connectivity index (χ4v) is 3.34. The van der Waals surface area contributed by atoms with Gasteiger partial charge in [-0.25, -0.2) is 0 Å². The van der Waals surface area contributed by atoms with Crippen LogP contribution >= 0.6 is 0 Å². The Bertz CT molecular complexity index is 737. The molecule has 1 aliphatic heterocycles. The van der Waals surface area contributed by atoms with Crippen molar-refractivity contribution < 1.29 is 14.1 Å². The number of likely N-dealkylation sites (tertiary alicyclic amines) is 1. The molecule has 1 aliphatic rings. The highest BCUT2D eigenvalue weighted by Gasteiger charge is 2.32. The first-order valence-corrected chi connectivity index (χ1v) is 8.65. The molecule has 1 aromatic carbocycles. The summed E-state index contributed by atoms with van der Waals surface area (Å²) < 4.78 is 11.0. The van der Waals surface area contributed by atoms with Crippen LogP contribution in [0.3, 0.4) is 0 Å². The van der Waals surface area contributed by atoms with Crippen molar-refractivity contribution in [3.8, 4) is 5.75 Å². The molecule has 0 aliphatic carbocycles. The topological polar surface area (TPSA) is 81.6 Å². The lowest BCUT2D eigenvalue weighted by Gasteiger charge is -2.21. The highest BCUT2D eigenvalue weighted by atomic mass is 16.5. The van der Waals surface area contributed by atoms with E-state index in [4.69, 9.17) is 15.0 Å². The molecule has 1 saturated heterocycles. The lowest BCUT2D eigenvalue weighted by molar-refractivity contribution is 0.0743. The molecule has 6 nitrogen and oxygen atoms in total. The van der Waals surface area contributed by atoms with Gasteiger partial charge in [-0.05, 0) is 57.9 Å². The predicted molar refractivity (Wildman–Crippen MR) is 94.4 cm³/mol. The van der Waals surface area contributed by atoms with E-state index in [1.54, 1.807) is 6.07 Å². The minimum atomic E-state index is 0.0336. The second-order valence-electron chi connectivity index (χ2n) is 6.76. The molecule has 0 radical (unpaired) electrons. The monoisotopic (exact) mass is 343 g/mol. The van der Waals surface area contributed by atoms with Gasteiger partial charge in [0.05, 0.1) is 11.3 Å². The Morgan fingerprint density at radius 1 is 1.44 bits per heavy atom. The van der Waals surface area contributed by atoms with E-state index in [1.807, 2.05) is 36.9 Å². The molecule has 0 saturated carbocycles. The van der Waals surface area contributed by atoms with E-state index >= 15 is 0 Å². The van der Waals surface area contributed by atoms with Crippen LogP contribution in [0.4, 0.5) is 0 Å². The van der Waals surface area contributed by atoms with Gasteiger partial charge >= 0.3 is 0 Å². The molecule has 0 spiro atoms. The third-order valence-electron chi connectivity index (χ3n) is 4.90. The van der Waals surface area contributed by atoms with Gasteiger partial charge < -0.3 is 19.9 Å². The summed E-state index contributed by atoms with van der Waals surface area (Å²) in [6.45, 7) is 7.54. The number of benzene rings is 1. The standard InChI is InChI=1S/C19H25N3O3/c1-12-7-15(9-20)10-22(12)19(23)16-5-4-6-17(8-16)24-11-18-13(2)21-25-14(18)3/h4-6,8,12,15H,7,9-11,20H2,1-3H3. The first kappa shape index (κ1) is 17.5. The van der Waals surface area contributed by atoms with Crippen LogP contribution in [0.25, 0.3) is 0 Å². The number of ether oxygens (including phenoxy) is 1. The Morgan fingerprint density at radius 2 is 2.24 bits per heavy atom. The molecular formula is C19H25N3O3. The number of aryl methyl sites for hydroxylation is 2. The molecule has 2 aromatic rings. The van der Waals surface area contributed by atoms with Gasteiger partial charge in [0.2, 0.25) is 0 Å². The Balaban J connectivity index is 1.70. The number of carbonyl (C=O) groups is 1. The van der Waals surface area contributed by atoms with E-state index < -0.39 is 0 Å². The minimum Gasteiger partial charge on any atom is -0.489 e. The van der Waals surface area contributed by atoms with Gasteiger partial charge in [-0.1, -0.05) is 11.2 Å². The molecule has 1 aromatic heterocycles. The van der Waals surface area contributed by atoms with Crippen molar-refractivity contribution in [3.63, 3.8) is 0 Å². The summed E-state index contributed by atoms with van der Waals surface area (Å²) >= 11 is 0. The second-order valence-corrected chi connectivity index (χ2v) is 6.76. The summed E-state index contributed by atoms with van der Waals surface area (Å²) in [7, 11) is 0. The molecule has 134 valence electrons. The first-order chi connectivity index (χ1) is 12.0. The van der Waals surface area contributed by atoms with E-state index in [9.17, 15) is 4.79 Å². The summed E-state index contributed by atoms with van der Waals surface area (Å²) in [4.78, 5) is 14.7. The van der Waals surface area contributed by atoms with E-state index in [2.05, 4.69) is 12.1 Å². The fourth-order valence-electron chi connectivity index (χ4n) is 3.34. The highest BCUT2D eigenvalue weighted by Crippen LogP contribution is 2.25. The molecular weight excluding hydrogens is 318 g/mol. The Hall–Kier alpha value is -2.34. The fraction of sp³-hybridized carbons (Fsp3) is 0.474. The number of nitrogens with two attached hydrogens (primary N) is 1. The minimum absolute atomic E-state index is 0.0336. The van der Waals surface area contributed by atoms with Gasteiger partial charge in [0, 0.05) is 18.2 Å². The largest absolute Gasteiger partial charge is 0.489 e. The van der Waals surface area contributed by atoms with Gasteiger partial charge in [-0.15, -0.1) is 0 Å². The van der Waals surface area contributed by atoms with Gasteiger partial charge in [0.1, 0.15) is 18.1 Å². The second kappa shape index (κ2) is 7.27. The summed E-state index contributed by atoms with van der Waals surface area (Å²) in [6.07, 6.45) is 0.963. The van der Waals surface area contributed by atoms with Crippen LogP contribution in [-0.2, 0) is 6.61 Å². The maximum absolute atomic E-state index is 12.8. The van der Waals surface area contributed by atoms with E-state index in [0.717, 1.165) is 30.0 Å². The molecule has 0 bridgehead atoms. The molecule has 3 rings (SSSR count). The van der Waals surface area contributed by atoms with E-state index in [1.165, 1.54) is 0 Å². The molecule has 2 atom stereocenters. The van der Waals surface area contributed by atoms with Gasteiger partial charge in [-0.3, -0.25) is 4.79 Å². The number of rotatable bonds is 5. The zero-order valence-corrected chi connectivity index (χ0v) is 15.0. The number of aromatic nitrogens is 1. The summed E-state index contributed by atoms with van der Waals surface area (Å²) in [6, 6.07) is 7.53. The molecule has 1 amide bonds. The van der Waals surface area contributed by atoms with Gasteiger partial charge in [-0.2, -0.15) is 0 Å². The molecule has 2 heterocycles.